The molecule has 2 aromatic rings. The van der Waals surface area contributed by atoms with Gasteiger partial charge in [0, 0.05) is 13.1 Å². The van der Waals surface area contributed by atoms with E-state index in [2.05, 4.69) is 34.9 Å². The first-order valence-electron chi connectivity index (χ1n) is 6.96. The molecule has 0 aliphatic rings. The second-order valence-electron chi connectivity index (χ2n) is 4.69. The maximum atomic E-state index is 5.27. The quantitative estimate of drug-likeness (QED) is 0.804. The summed E-state index contributed by atoms with van der Waals surface area (Å²) < 4.78 is 5.13. The fourth-order valence-electron chi connectivity index (χ4n) is 1.95. The predicted molar refractivity (Wildman–Crippen MR) is 90.6 cm³/mol. The highest BCUT2D eigenvalue weighted by Gasteiger charge is 1.98. The highest BCUT2D eigenvalue weighted by atomic mass is 32.1. The molecule has 2 N–H and O–H groups in total. The first-order chi connectivity index (χ1) is 10.3. The lowest BCUT2D eigenvalue weighted by molar-refractivity contribution is 0.414. The maximum Gasteiger partial charge on any atom is 0.166 e. The van der Waals surface area contributed by atoms with E-state index in [-0.39, 0.29) is 0 Å². The SMILES string of the molecule is COc1ccc(CNC(=S)NCCc2ccccc2)cc1. The van der Waals surface area contributed by atoms with Crippen LogP contribution in [0.25, 0.3) is 0 Å². The summed E-state index contributed by atoms with van der Waals surface area (Å²) in [7, 11) is 1.67. The number of ether oxygens (including phenoxy) is 1. The normalized spacial score (nSPS) is 9.95. The highest BCUT2D eigenvalue weighted by molar-refractivity contribution is 7.80. The zero-order valence-corrected chi connectivity index (χ0v) is 13.0. The van der Waals surface area contributed by atoms with Crippen LogP contribution < -0.4 is 15.4 Å². The van der Waals surface area contributed by atoms with E-state index in [0.29, 0.717) is 11.7 Å². The van der Waals surface area contributed by atoms with E-state index in [1.54, 1.807) is 7.11 Å². The summed E-state index contributed by atoms with van der Waals surface area (Å²) in [6, 6.07) is 18.3. The van der Waals surface area contributed by atoms with Gasteiger partial charge in [0.1, 0.15) is 5.75 Å². The molecule has 0 radical (unpaired) electrons. The largest absolute Gasteiger partial charge is 0.497 e. The monoisotopic (exact) mass is 300 g/mol. The van der Waals surface area contributed by atoms with Crippen molar-refractivity contribution in [3.8, 4) is 5.75 Å². The average Bonchev–Trinajstić information content (AvgIpc) is 2.54. The fraction of sp³-hybridized carbons (Fsp3) is 0.235. The van der Waals surface area contributed by atoms with Gasteiger partial charge in [-0.25, -0.2) is 0 Å². The summed E-state index contributed by atoms with van der Waals surface area (Å²) in [4.78, 5) is 0. The highest BCUT2D eigenvalue weighted by Crippen LogP contribution is 2.10. The molecule has 21 heavy (non-hydrogen) atoms. The molecule has 0 saturated heterocycles. The molecule has 0 bridgehead atoms. The number of nitrogens with one attached hydrogen (secondary N) is 2. The van der Waals surface area contributed by atoms with Crippen molar-refractivity contribution < 1.29 is 4.74 Å². The van der Waals surface area contributed by atoms with Crippen molar-refractivity contribution in [3.05, 3.63) is 65.7 Å². The number of thiocarbonyl (C=S) groups is 1. The fourth-order valence-corrected chi connectivity index (χ4v) is 2.13. The summed E-state index contributed by atoms with van der Waals surface area (Å²) in [5, 5.41) is 7.10. The number of benzene rings is 2. The van der Waals surface area contributed by atoms with Crippen LogP contribution in [0, 0.1) is 0 Å². The van der Waals surface area contributed by atoms with E-state index >= 15 is 0 Å². The molecule has 0 aliphatic carbocycles. The summed E-state index contributed by atoms with van der Waals surface area (Å²) in [5.41, 5.74) is 2.48. The van der Waals surface area contributed by atoms with E-state index in [4.69, 9.17) is 17.0 Å². The third-order valence-electron chi connectivity index (χ3n) is 3.15. The Hall–Kier alpha value is -2.07. The van der Waals surface area contributed by atoms with Crippen molar-refractivity contribution in [2.24, 2.45) is 0 Å². The minimum absolute atomic E-state index is 0.682. The molecule has 0 heterocycles. The van der Waals surface area contributed by atoms with E-state index in [0.717, 1.165) is 18.7 Å². The van der Waals surface area contributed by atoms with Crippen LogP contribution in [0.3, 0.4) is 0 Å². The lowest BCUT2D eigenvalue weighted by Crippen LogP contribution is -2.35. The van der Waals surface area contributed by atoms with Crippen LogP contribution in [0.4, 0.5) is 0 Å². The molecule has 0 unspecified atom stereocenters. The molecule has 0 spiro atoms. The maximum absolute atomic E-state index is 5.27. The van der Waals surface area contributed by atoms with Crippen LogP contribution in [-0.4, -0.2) is 18.8 Å². The van der Waals surface area contributed by atoms with Crippen molar-refractivity contribution in [1.29, 1.82) is 0 Å². The Morgan fingerprint density at radius 3 is 2.33 bits per heavy atom. The Balaban J connectivity index is 1.67. The molecule has 0 atom stereocenters. The van der Waals surface area contributed by atoms with Gasteiger partial charge in [-0.15, -0.1) is 0 Å². The van der Waals surface area contributed by atoms with Gasteiger partial charge >= 0.3 is 0 Å². The Kier molecular flexibility index (Phi) is 6.03. The van der Waals surface area contributed by atoms with Crippen LogP contribution in [0.1, 0.15) is 11.1 Å². The number of methoxy groups -OCH3 is 1. The van der Waals surface area contributed by atoms with E-state index in [1.165, 1.54) is 11.1 Å². The Labute approximate surface area is 131 Å². The van der Waals surface area contributed by atoms with Crippen molar-refractivity contribution in [2.75, 3.05) is 13.7 Å². The van der Waals surface area contributed by atoms with Gasteiger partial charge in [0.25, 0.3) is 0 Å². The van der Waals surface area contributed by atoms with Gasteiger partial charge in [-0.1, -0.05) is 42.5 Å². The second-order valence-corrected chi connectivity index (χ2v) is 5.10. The first kappa shape index (κ1) is 15.3. The van der Waals surface area contributed by atoms with Crippen molar-refractivity contribution >= 4 is 17.3 Å². The van der Waals surface area contributed by atoms with Gasteiger partial charge in [0.15, 0.2) is 5.11 Å². The van der Waals surface area contributed by atoms with Gasteiger partial charge in [0.05, 0.1) is 7.11 Å². The van der Waals surface area contributed by atoms with Crippen molar-refractivity contribution in [3.63, 3.8) is 0 Å². The summed E-state index contributed by atoms with van der Waals surface area (Å²) in [6.07, 6.45) is 0.963. The molecule has 0 aliphatic heterocycles. The summed E-state index contributed by atoms with van der Waals surface area (Å²) >= 11 is 5.27. The zero-order chi connectivity index (χ0) is 14.9. The minimum atomic E-state index is 0.682. The molecule has 4 heteroatoms. The summed E-state index contributed by atoms with van der Waals surface area (Å²) in [6.45, 7) is 1.54. The van der Waals surface area contributed by atoms with E-state index in [1.807, 2.05) is 30.3 Å². The molecule has 0 aromatic heterocycles. The van der Waals surface area contributed by atoms with Crippen LogP contribution in [-0.2, 0) is 13.0 Å². The van der Waals surface area contributed by atoms with Gasteiger partial charge in [-0.2, -0.15) is 0 Å². The lowest BCUT2D eigenvalue weighted by atomic mass is 10.1. The molecule has 110 valence electrons. The predicted octanol–water partition coefficient (Wildman–Crippen LogP) is 2.90. The van der Waals surface area contributed by atoms with E-state index < -0.39 is 0 Å². The third kappa shape index (κ3) is 5.44. The smallest absolute Gasteiger partial charge is 0.166 e. The topological polar surface area (TPSA) is 33.3 Å². The molecule has 3 nitrogen and oxygen atoms in total. The molecule has 2 aromatic carbocycles. The summed E-state index contributed by atoms with van der Waals surface area (Å²) in [5.74, 6) is 0.863. The number of rotatable bonds is 6. The minimum Gasteiger partial charge on any atom is -0.497 e. The van der Waals surface area contributed by atoms with Gasteiger partial charge in [-0.3, -0.25) is 0 Å². The van der Waals surface area contributed by atoms with Crippen LogP contribution in [0.2, 0.25) is 0 Å². The Morgan fingerprint density at radius 1 is 0.952 bits per heavy atom. The van der Waals surface area contributed by atoms with Gasteiger partial charge < -0.3 is 15.4 Å². The standard InChI is InChI=1S/C17H20N2OS/c1-20-16-9-7-15(8-10-16)13-19-17(21)18-12-11-14-5-3-2-4-6-14/h2-10H,11-13H2,1H3,(H2,18,19,21). The third-order valence-corrected chi connectivity index (χ3v) is 3.44. The van der Waals surface area contributed by atoms with Crippen LogP contribution in [0.5, 0.6) is 5.75 Å². The van der Waals surface area contributed by atoms with Gasteiger partial charge in [-0.05, 0) is 41.9 Å². The number of hydrogen-bond donors (Lipinski definition) is 2. The van der Waals surface area contributed by atoms with Gasteiger partial charge in [0.2, 0.25) is 0 Å². The molecular weight excluding hydrogens is 280 g/mol. The molecular formula is C17H20N2OS. The average molecular weight is 300 g/mol. The first-order valence-corrected chi connectivity index (χ1v) is 7.37. The van der Waals surface area contributed by atoms with E-state index in [9.17, 15) is 0 Å². The molecule has 0 fully saturated rings. The van der Waals surface area contributed by atoms with Crippen molar-refractivity contribution in [1.82, 2.24) is 10.6 Å². The Bertz CT molecular complexity index is 555. The number of hydrogen-bond acceptors (Lipinski definition) is 2. The molecule has 0 amide bonds. The lowest BCUT2D eigenvalue weighted by Gasteiger charge is -2.11. The van der Waals surface area contributed by atoms with Crippen molar-refractivity contribution in [2.45, 2.75) is 13.0 Å². The second kappa shape index (κ2) is 8.27. The zero-order valence-electron chi connectivity index (χ0n) is 12.1. The van der Waals surface area contributed by atoms with Crippen LogP contribution in [0.15, 0.2) is 54.6 Å². The van der Waals surface area contributed by atoms with Crippen LogP contribution >= 0.6 is 12.2 Å². The molecule has 0 saturated carbocycles. The molecule has 2 rings (SSSR count). The Morgan fingerprint density at radius 2 is 1.67 bits per heavy atom.